The van der Waals surface area contributed by atoms with Crippen LogP contribution in [0.25, 0.3) is 0 Å². The summed E-state index contributed by atoms with van der Waals surface area (Å²) in [5.41, 5.74) is -0.405. The van der Waals surface area contributed by atoms with Gasteiger partial charge < -0.3 is 0 Å². The number of hydrogen-bond acceptors (Lipinski definition) is 5. The minimum absolute atomic E-state index is 0.278. The Kier molecular flexibility index (Phi) is 3.04. The summed E-state index contributed by atoms with van der Waals surface area (Å²) in [4.78, 5) is 9.90. The molecule has 2 rings (SSSR count). The van der Waals surface area contributed by atoms with Crippen LogP contribution in [-0.4, -0.2) is 36.2 Å². The van der Waals surface area contributed by atoms with Gasteiger partial charge in [-0.1, -0.05) is 12.1 Å². The molecule has 0 radical (unpaired) electrons. The van der Waals surface area contributed by atoms with Gasteiger partial charge in [0.15, 0.2) is 4.90 Å². The minimum Gasteiger partial charge on any atom is -0.274 e. The Morgan fingerprint density at radius 2 is 2.06 bits per heavy atom. The first-order valence-corrected chi connectivity index (χ1v) is 6.72. The first kappa shape index (κ1) is 12.5. The molecule has 0 saturated carbocycles. The molecule has 0 fully saturated rings. The van der Waals surface area contributed by atoms with Gasteiger partial charge in [-0.25, -0.2) is 0 Å². The van der Waals surface area contributed by atoms with Crippen LogP contribution in [0.3, 0.4) is 0 Å². The van der Waals surface area contributed by atoms with Crippen LogP contribution in [0.4, 0.5) is 5.69 Å². The second kappa shape index (κ2) is 4.37. The van der Waals surface area contributed by atoms with Gasteiger partial charge in [-0.2, -0.15) is 8.42 Å². The SMILES string of the molecule is CC1=[N+](S(=O)(=O)c2ccccc2[N+](=O)[O-])CCN1. The van der Waals surface area contributed by atoms with Crippen LogP contribution in [0.15, 0.2) is 29.2 Å². The number of para-hydroxylation sites is 1. The number of hydrogen-bond donors (Lipinski definition) is 1. The van der Waals surface area contributed by atoms with E-state index in [1.165, 1.54) is 24.3 Å². The summed E-state index contributed by atoms with van der Waals surface area (Å²) in [7, 11) is -3.87. The van der Waals surface area contributed by atoms with Gasteiger partial charge in [-0.3, -0.25) is 15.4 Å². The molecule has 0 amide bonds. The molecule has 0 aromatic heterocycles. The molecular formula is C10H12N3O4S+. The predicted molar refractivity (Wildman–Crippen MR) is 64.1 cm³/mol. The maximum Gasteiger partial charge on any atom is 0.337 e. The molecule has 0 saturated heterocycles. The fraction of sp³-hybridized carbons (Fsp3) is 0.300. The van der Waals surface area contributed by atoms with Crippen LogP contribution in [-0.2, 0) is 10.0 Å². The van der Waals surface area contributed by atoms with E-state index < -0.39 is 20.6 Å². The zero-order valence-corrected chi connectivity index (χ0v) is 10.5. The fourth-order valence-corrected chi connectivity index (χ4v) is 3.49. The van der Waals surface area contributed by atoms with Crippen molar-refractivity contribution in [3.63, 3.8) is 0 Å². The van der Waals surface area contributed by atoms with Gasteiger partial charge in [-0.05, 0) is 6.07 Å². The Morgan fingerprint density at radius 1 is 1.39 bits per heavy atom. The first-order valence-electron chi connectivity index (χ1n) is 5.28. The zero-order valence-electron chi connectivity index (χ0n) is 9.66. The highest BCUT2D eigenvalue weighted by Gasteiger charge is 2.35. The smallest absolute Gasteiger partial charge is 0.274 e. The summed E-state index contributed by atoms with van der Waals surface area (Å²) in [6.07, 6.45) is 0. The molecule has 0 aliphatic carbocycles. The van der Waals surface area contributed by atoms with E-state index in [9.17, 15) is 18.5 Å². The maximum absolute atomic E-state index is 12.3. The normalized spacial score (nSPS) is 15.6. The van der Waals surface area contributed by atoms with Gasteiger partial charge in [-0.15, -0.1) is 3.98 Å². The number of nitrogens with one attached hydrogen (secondary N) is 1. The van der Waals surface area contributed by atoms with E-state index in [2.05, 4.69) is 5.32 Å². The topological polar surface area (TPSA) is 92.3 Å². The van der Waals surface area contributed by atoms with Crippen molar-refractivity contribution in [1.29, 1.82) is 0 Å². The number of benzene rings is 1. The molecule has 1 aromatic carbocycles. The van der Waals surface area contributed by atoms with Crippen LogP contribution in [0.1, 0.15) is 6.92 Å². The Hall–Kier alpha value is -1.96. The lowest BCUT2D eigenvalue weighted by Gasteiger charge is -2.04. The number of nitro groups is 1. The molecule has 1 heterocycles. The summed E-state index contributed by atoms with van der Waals surface area (Å²) >= 11 is 0. The third-order valence-corrected chi connectivity index (χ3v) is 4.64. The molecule has 18 heavy (non-hydrogen) atoms. The molecule has 0 spiro atoms. The molecule has 96 valence electrons. The molecule has 0 atom stereocenters. The predicted octanol–water partition coefficient (Wildman–Crippen LogP) is 0.318. The highest BCUT2D eigenvalue weighted by Crippen LogP contribution is 2.24. The summed E-state index contributed by atoms with van der Waals surface area (Å²) in [5.74, 6) is 0.480. The Labute approximate surface area is 104 Å². The third-order valence-electron chi connectivity index (χ3n) is 2.70. The Bertz CT molecular complexity index is 636. The summed E-state index contributed by atoms with van der Waals surface area (Å²) in [6, 6.07) is 5.35. The van der Waals surface area contributed by atoms with E-state index in [0.29, 0.717) is 12.4 Å². The summed E-state index contributed by atoms with van der Waals surface area (Å²) in [6.45, 7) is 2.41. The quantitative estimate of drug-likeness (QED) is 0.485. The van der Waals surface area contributed by atoms with E-state index in [1.54, 1.807) is 6.92 Å². The average molecular weight is 270 g/mol. The standard InChI is InChI=1S/C10H11N3O4S/c1-8-11-6-7-12(8)18(16,17)10-5-3-2-4-9(10)13(14)15/h2-5H,6-7H2,1H3/p+1. The Balaban J connectivity index is 2.62. The van der Waals surface area contributed by atoms with Gasteiger partial charge in [0.25, 0.3) is 11.5 Å². The van der Waals surface area contributed by atoms with Crippen LogP contribution in [0.2, 0.25) is 0 Å². The van der Waals surface area contributed by atoms with Crippen molar-refractivity contribution in [3.8, 4) is 0 Å². The maximum atomic E-state index is 12.3. The molecule has 1 aromatic rings. The van der Waals surface area contributed by atoms with Crippen LogP contribution < -0.4 is 5.32 Å². The number of nitrogens with zero attached hydrogens (tertiary/aromatic N) is 2. The Morgan fingerprint density at radius 3 is 2.61 bits per heavy atom. The lowest BCUT2D eigenvalue weighted by molar-refractivity contribution is -0.389. The van der Waals surface area contributed by atoms with Crippen molar-refractivity contribution in [2.24, 2.45) is 0 Å². The van der Waals surface area contributed by atoms with E-state index in [-0.39, 0.29) is 11.4 Å². The van der Waals surface area contributed by atoms with Gasteiger partial charge in [0.1, 0.15) is 13.1 Å². The molecule has 0 unspecified atom stereocenters. The van der Waals surface area contributed by atoms with Crippen molar-refractivity contribution in [1.82, 2.24) is 5.32 Å². The van der Waals surface area contributed by atoms with Crippen molar-refractivity contribution < 1.29 is 17.3 Å². The van der Waals surface area contributed by atoms with Crippen LogP contribution in [0, 0.1) is 10.1 Å². The molecule has 8 heteroatoms. The second-order valence-corrected chi connectivity index (χ2v) is 5.64. The van der Waals surface area contributed by atoms with Crippen LogP contribution >= 0.6 is 0 Å². The van der Waals surface area contributed by atoms with Crippen molar-refractivity contribution in [2.75, 3.05) is 13.1 Å². The molecule has 1 aliphatic heterocycles. The lowest BCUT2D eigenvalue weighted by Crippen LogP contribution is -2.25. The van der Waals surface area contributed by atoms with Crippen molar-refractivity contribution in [2.45, 2.75) is 11.8 Å². The second-order valence-electron chi connectivity index (χ2n) is 3.81. The fourth-order valence-electron chi connectivity index (χ4n) is 1.84. The molecule has 1 N–H and O–H groups in total. The van der Waals surface area contributed by atoms with E-state index >= 15 is 0 Å². The van der Waals surface area contributed by atoms with E-state index in [4.69, 9.17) is 0 Å². The summed E-state index contributed by atoms with van der Waals surface area (Å²) < 4.78 is 25.8. The van der Waals surface area contributed by atoms with E-state index in [0.717, 1.165) is 3.98 Å². The molecule has 1 aliphatic rings. The van der Waals surface area contributed by atoms with Gasteiger partial charge in [0.05, 0.1) is 4.92 Å². The minimum atomic E-state index is -3.87. The monoisotopic (exact) mass is 270 g/mol. The third kappa shape index (κ3) is 1.94. The number of nitro benzene ring substituents is 1. The summed E-state index contributed by atoms with van der Waals surface area (Å²) in [5, 5.41) is 13.8. The number of amidine groups is 1. The number of rotatable bonds is 3. The van der Waals surface area contributed by atoms with Gasteiger partial charge in [0, 0.05) is 13.0 Å². The molecular weight excluding hydrogens is 258 g/mol. The van der Waals surface area contributed by atoms with Gasteiger partial charge >= 0.3 is 10.0 Å². The molecule has 7 nitrogen and oxygen atoms in total. The van der Waals surface area contributed by atoms with Crippen molar-refractivity contribution in [3.05, 3.63) is 34.4 Å². The first-order chi connectivity index (χ1) is 8.44. The zero-order chi connectivity index (χ0) is 13.3. The van der Waals surface area contributed by atoms with Crippen LogP contribution in [0.5, 0.6) is 0 Å². The average Bonchev–Trinajstić information content (AvgIpc) is 2.76. The van der Waals surface area contributed by atoms with E-state index in [1.807, 2.05) is 0 Å². The lowest BCUT2D eigenvalue weighted by atomic mass is 10.3. The number of sulfonamides is 1. The highest BCUT2D eigenvalue weighted by atomic mass is 32.2. The van der Waals surface area contributed by atoms with Gasteiger partial charge in [0.2, 0.25) is 0 Å². The highest BCUT2D eigenvalue weighted by molar-refractivity contribution is 7.85. The van der Waals surface area contributed by atoms with Crippen molar-refractivity contribution >= 4 is 21.5 Å². The molecule has 0 bridgehead atoms. The largest absolute Gasteiger partial charge is 0.337 e.